The van der Waals surface area contributed by atoms with Crippen LogP contribution in [0.15, 0.2) is 29.6 Å². The van der Waals surface area contributed by atoms with E-state index in [0.29, 0.717) is 17.8 Å². The van der Waals surface area contributed by atoms with Gasteiger partial charge in [0.15, 0.2) is 0 Å². The standard InChI is InChI=1S/C16H18N4O4S/c1-10-9-25-13(19-10)7-18-16(23)20-12-5-3-11(4-6-12)15(22)17-8-14(21)24-2/h3-6,9H,7-8H2,1-2H3,(H,17,22)(H2,18,20,23). The number of aryl methyl sites for hydroxylation is 1. The second-order valence-electron chi connectivity index (χ2n) is 5.03. The van der Waals surface area contributed by atoms with Crippen LogP contribution in [0.4, 0.5) is 10.5 Å². The summed E-state index contributed by atoms with van der Waals surface area (Å²) < 4.78 is 4.44. The van der Waals surface area contributed by atoms with Gasteiger partial charge in [0.05, 0.1) is 13.7 Å². The second-order valence-corrected chi connectivity index (χ2v) is 5.97. The average Bonchev–Trinajstić information content (AvgIpc) is 3.03. The number of hydrogen-bond acceptors (Lipinski definition) is 6. The van der Waals surface area contributed by atoms with Gasteiger partial charge in [0.1, 0.15) is 11.6 Å². The number of anilines is 1. The van der Waals surface area contributed by atoms with E-state index >= 15 is 0 Å². The first kappa shape index (κ1) is 18.4. The molecule has 0 bridgehead atoms. The van der Waals surface area contributed by atoms with Crippen LogP contribution in [0.2, 0.25) is 0 Å². The second kappa shape index (κ2) is 8.78. The van der Waals surface area contributed by atoms with Gasteiger partial charge in [0.2, 0.25) is 0 Å². The van der Waals surface area contributed by atoms with Crippen molar-refractivity contribution in [2.45, 2.75) is 13.5 Å². The summed E-state index contributed by atoms with van der Waals surface area (Å²) in [4.78, 5) is 38.9. The van der Waals surface area contributed by atoms with E-state index < -0.39 is 11.9 Å². The lowest BCUT2D eigenvalue weighted by Gasteiger charge is -2.08. The summed E-state index contributed by atoms with van der Waals surface area (Å²) in [7, 11) is 1.25. The molecule has 2 rings (SSSR count). The minimum atomic E-state index is -0.529. The number of carbonyl (C=O) groups is 3. The maximum absolute atomic E-state index is 11.8. The van der Waals surface area contributed by atoms with Crippen molar-refractivity contribution in [1.82, 2.24) is 15.6 Å². The molecule has 2 aromatic rings. The molecular formula is C16H18N4O4S. The van der Waals surface area contributed by atoms with E-state index in [1.54, 1.807) is 24.3 Å². The van der Waals surface area contributed by atoms with Crippen molar-refractivity contribution < 1.29 is 19.1 Å². The topological polar surface area (TPSA) is 109 Å². The molecule has 3 amide bonds. The molecule has 0 aliphatic heterocycles. The van der Waals surface area contributed by atoms with E-state index in [1.807, 2.05) is 12.3 Å². The SMILES string of the molecule is COC(=O)CNC(=O)c1ccc(NC(=O)NCc2nc(C)cs2)cc1. The Labute approximate surface area is 148 Å². The fraction of sp³-hybridized carbons (Fsp3) is 0.250. The number of hydrogen-bond donors (Lipinski definition) is 3. The molecule has 1 aromatic heterocycles. The Hall–Kier alpha value is -2.94. The Kier molecular flexibility index (Phi) is 6.47. The van der Waals surface area contributed by atoms with E-state index in [1.165, 1.54) is 18.4 Å². The van der Waals surface area contributed by atoms with E-state index in [9.17, 15) is 14.4 Å². The monoisotopic (exact) mass is 362 g/mol. The zero-order valence-corrected chi connectivity index (χ0v) is 14.6. The zero-order valence-electron chi connectivity index (χ0n) is 13.8. The number of nitrogens with zero attached hydrogens (tertiary/aromatic N) is 1. The van der Waals surface area contributed by atoms with Gasteiger partial charge in [-0.2, -0.15) is 0 Å². The molecule has 0 saturated heterocycles. The maximum Gasteiger partial charge on any atom is 0.325 e. The number of carbonyl (C=O) groups excluding carboxylic acids is 3. The Bertz CT molecular complexity index is 758. The summed E-state index contributed by atoms with van der Waals surface area (Å²) in [6.07, 6.45) is 0. The van der Waals surface area contributed by atoms with Gasteiger partial charge in [-0.05, 0) is 31.2 Å². The number of esters is 1. The van der Waals surface area contributed by atoms with Crippen molar-refractivity contribution in [3.8, 4) is 0 Å². The molecule has 0 fully saturated rings. The van der Waals surface area contributed by atoms with Crippen LogP contribution in [0.25, 0.3) is 0 Å². The molecule has 3 N–H and O–H groups in total. The first-order chi connectivity index (χ1) is 12.0. The summed E-state index contributed by atoms with van der Waals surface area (Å²) in [5.74, 6) is -0.931. The molecule has 0 unspecified atom stereocenters. The quantitative estimate of drug-likeness (QED) is 0.677. The number of amides is 3. The van der Waals surface area contributed by atoms with Gasteiger partial charge in [0, 0.05) is 22.3 Å². The van der Waals surface area contributed by atoms with E-state index in [4.69, 9.17) is 0 Å². The third-order valence-electron chi connectivity index (χ3n) is 3.09. The van der Waals surface area contributed by atoms with E-state index in [-0.39, 0.29) is 12.6 Å². The molecule has 0 aliphatic rings. The van der Waals surface area contributed by atoms with Crippen LogP contribution in [0, 0.1) is 6.92 Å². The van der Waals surface area contributed by atoms with Crippen molar-refractivity contribution in [3.63, 3.8) is 0 Å². The highest BCUT2D eigenvalue weighted by Gasteiger charge is 2.09. The van der Waals surface area contributed by atoms with Gasteiger partial charge in [-0.15, -0.1) is 11.3 Å². The fourth-order valence-corrected chi connectivity index (χ4v) is 2.56. The summed E-state index contributed by atoms with van der Waals surface area (Å²) in [6, 6.07) is 5.93. The van der Waals surface area contributed by atoms with Crippen LogP contribution < -0.4 is 16.0 Å². The highest BCUT2D eigenvalue weighted by molar-refractivity contribution is 7.09. The molecular weight excluding hydrogens is 344 g/mol. The molecule has 8 nitrogen and oxygen atoms in total. The number of methoxy groups -OCH3 is 1. The van der Waals surface area contributed by atoms with Crippen molar-refractivity contribution >= 4 is 34.9 Å². The number of thiazole rings is 1. The molecule has 9 heteroatoms. The first-order valence-corrected chi connectivity index (χ1v) is 8.27. The Morgan fingerprint density at radius 2 is 1.88 bits per heavy atom. The molecule has 0 spiro atoms. The number of rotatable bonds is 6. The van der Waals surface area contributed by atoms with Crippen LogP contribution in [-0.4, -0.2) is 36.5 Å². The van der Waals surface area contributed by atoms with Crippen LogP contribution in [0.3, 0.4) is 0 Å². The lowest BCUT2D eigenvalue weighted by molar-refractivity contribution is -0.139. The fourth-order valence-electron chi connectivity index (χ4n) is 1.85. The van der Waals surface area contributed by atoms with E-state index in [0.717, 1.165) is 10.7 Å². The van der Waals surface area contributed by atoms with Gasteiger partial charge >= 0.3 is 12.0 Å². The number of aromatic nitrogens is 1. The molecule has 25 heavy (non-hydrogen) atoms. The van der Waals surface area contributed by atoms with Crippen LogP contribution in [0.1, 0.15) is 21.1 Å². The predicted octanol–water partition coefficient (Wildman–Crippen LogP) is 1.68. The Morgan fingerprint density at radius 1 is 1.16 bits per heavy atom. The molecule has 0 saturated carbocycles. The normalized spacial score (nSPS) is 10.0. The summed E-state index contributed by atoms with van der Waals surface area (Å²) in [5, 5.41) is 10.5. The number of ether oxygens (including phenoxy) is 1. The van der Waals surface area contributed by atoms with Gasteiger partial charge < -0.3 is 20.7 Å². The Balaban J connectivity index is 1.81. The summed E-state index contributed by atoms with van der Waals surface area (Å²) in [6.45, 7) is 2.04. The lowest BCUT2D eigenvalue weighted by atomic mass is 10.2. The van der Waals surface area contributed by atoms with Crippen molar-refractivity contribution in [3.05, 3.63) is 45.9 Å². The number of urea groups is 1. The molecule has 1 heterocycles. The van der Waals surface area contributed by atoms with Crippen LogP contribution in [0.5, 0.6) is 0 Å². The van der Waals surface area contributed by atoms with Gasteiger partial charge in [0.25, 0.3) is 5.91 Å². The van der Waals surface area contributed by atoms with Crippen molar-refractivity contribution in [1.29, 1.82) is 0 Å². The third kappa shape index (κ3) is 5.88. The average molecular weight is 362 g/mol. The smallest absolute Gasteiger partial charge is 0.325 e. The van der Waals surface area contributed by atoms with Gasteiger partial charge in [-0.1, -0.05) is 0 Å². The van der Waals surface area contributed by atoms with Gasteiger partial charge in [-0.25, -0.2) is 9.78 Å². The minimum absolute atomic E-state index is 0.200. The molecule has 1 aromatic carbocycles. The first-order valence-electron chi connectivity index (χ1n) is 7.39. The summed E-state index contributed by atoms with van der Waals surface area (Å²) >= 11 is 1.48. The number of nitrogens with one attached hydrogen (secondary N) is 3. The molecule has 0 atom stereocenters. The van der Waals surface area contributed by atoms with Crippen molar-refractivity contribution in [2.75, 3.05) is 19.0 Å². The third-order valence-corrected chi connectivity index (χ3v) is 4.06. The van der Waals surface area contributed by atoms with Crippen molar-refractivity contribution in [2.24, 2.45) is 0 Å². The zero-order chi connectivity index (χ0) is 18.2. The maximum atomic E-state index is 11.8. The summed E-state index contributed by atoms with van der Waals surface area (Å²) in [5.41, 5.74) is 1.83. The molecule has 132 valence electrons. The van der Waals surface area contributed by atoms with Crippen LogP contribution >= 0.6 is 11.3 Å². The number of benzene rings is 1. The molecule has 0 radical (unpaired) electrons. The minimum Gasteiger partial charge on any atom is -0.468 e. The highest BCUT2D eigenvalue weighted by atomic mass is 32.1. The lowest BCUT2D eigenvalue weighted by Crippen LogP contribution is -2.30. The van der Waals surface area contributed by atoms with Crippen LogP contribution in [-0.2, 0) is 16.1 Å². The van der Waals surface area contributed by atoms with Gasteiger partial charge in [-0.3, -0.25) is 9.59 Å². The predicted molar refractivity (Wildman–Crippen MR) is 93.5 cm³/mol. The van der Waals surface area contributed by atoms with E-state index in [2.05, 4.69) is 25.7 Å². The highest BCUT2D eigenvalue weighted by Crippen LogP contribution is 2.10. The molecule has 0 aliphatic carbocycles. The largest absolute Gasteiger partial charge is 0.468 e. The Morgan fingerprint density at radius 3 is 2.48 bits per heavy atom.